The Labute approximate surface area is 137 Å². The molecule has 3 aromatic rings. The molecular formula is C14H17N7O3. The first kappa shape index (κ1) is 15.9. The number of aryl methyl sites for hydroxylation is 1. The highest BCUT2D eigenvalue weighted by molar-refractivity contribution is 5.96. The molecule has 3 rings (SSSR count). The van der Waals surface area contributed by atoms with Gasteiger partial charge in [-0.2, -0.15) is 4.98 Å². The lowest BCUT2D eigenvalue weighted by Gasteiger charge is -2.03. The summed E-state index contributed by atoms with van der Waals surface area (Å²) in [7, 11) is 1.53. The molecule has 0 aliphatic rings. The maximum absolute atomic E-state index is 12.2. The number of fused-ring (bicyclic) bond motifs is 1. The molecule has 0 saturated carbocycles. The zero-order chi connectivity index (χ0) is 17.1. The standard InChI is InChI=1S/C14H17N7O3/c1-3-21-12-9(18-14(21)15)4-8(5-16-12)13(22)17-6-10-19-11(7-23-2)24-20-10/h4-5H,3,6-7H2,1-2H3,(H2,15,18)(H,17,22). The second-order valence-corrected chi connectivity index (χ2v) is 5.00. The van der Waals surface area contributed by atoms with Crippen LogP contribution in [0, 0.1) is 0 Å². The van der Waals surface area contributed by atoms with E-state index in [2.05, 4.69) is 25.4 Å². The lowest BCUT2D eigenvalue weighted by molar-refractivity contribution is 0.0949. The predicted octanol–water partition coefficient (Wildman–Crippen LogP) is 0.493. The summed E-state index contributed by atoms with van der Waals surface area (Å²) in [5.74, 6) is 0.775. The highest BCUT2D eigenvalue weighted by Gasteiger charge is 2.13. The van der Waals surface area contributed by atoms with Gasteiger partial charge >= 0.3 is 0 Å². The second kappa shape index (κ2) is 6.62. The molecule has 0 aliphatic carbocycles. The van der Waals surface area contributed by atoms with Gasteiger partial charge in [0.25, 0.3) is 11.8 Å². The van der Waals surface area contributed by atoms with Crippen molar-refractivity contribution in [2.75, 3.05) is 12.8 Å². The number of carbonyl (C=O) groups excluding carboxylic acids is 1. The Morgan fingerprint density at radius 3 is 3.04 bits per heavy atom. The maximum atomic E-state index is 12.2. The van der Waals surface area contributed by atoms with Crippen molar-refractivity contribution in [1.29, 1.82) is 0 Å². The van der Waals surface area contributed by atoms with Gasteiger partial charge in [-0.25, -0.2) is 9.97 Å². The Bertz CT molecular complexity index is 871. The average molecular weight is 331 g/mol. The number of aromatic nitrogens is 5. The number of pyridine rings is 1. The minimum absolute atomic E-state index is 0.135. The van der Waals surface area contributed by atoms with Crippen molar-refractivity contribution < 1.29 is 14.1 Å². The molecular weight excluding hydrogens is 314 g/mol. The van der Waals surface area contributed by atoms with E-state index in [1.165, 1.54) is 13.3 Å². The molecule has 0 saturated heterocycles. The number of rotatable bonds is 6. The first-order chi connectivity index (χ1) is 11.6. The highest BCUT2D eigenvalue weighted by Crippen LogP contribution is 2.16. The minimum Gasteiger partial charge on any atom is -0.375 e. The van der Waals surface area contributed by atoms with Crippen LogP contribution in [-0.2, 0) is 24.4 Å². The number of nitrogens with zero attached hydrogens (tertiary/aromatic N) is 5. The smallest absolute Gasteiger partial charge is 0.253 e. The fraction of sp³-hybridized carbons (Fsp3) is 0.357. The third-order valence-corrected chi connectivity index (χ3v) is 3.38. The van der Waals surface area contributed by atoms with Crippen molar-refractivity contribution in [2.45, 2.75) is 26.6 Å². The summed E-state index contributed by atoms with van der Waals surface area (Å²) in [6.07, 6.45) is 1.48. The molecule has 0 unspecified atom stereocenters. The Kier molecular flexibility index (Phi) is 4.38. The van der Waals surface area contributed by atoms with E-state index in [4.69, 9.17) is 15.0 Å². The van der Waals surface area contributed by atoms with Gasteiger partial charge < -0.3 is 20.3 Å². The van der Waals surface area contributed by atoms with Gasteiger partial charge in [-0.15, -0.1) is 0 Å². The summed E-state index contributed by atoms with van der Waals surface area (Å²) < 4.78 is 11.6. The number of nitrogens with two attached hydrogens (primary N) is 1. The van der Waals surface area contributed by atoms with E-state index < -0.39 is 0 Å². The number of carbonyl (C=O) groups is 1. The van der Waals surface area contributed by atoms with Gasteiger partial charge in [-0.05, 0) is 13.0 Å². The number of ether oxygens (including phenoxy) is 1. The second-order valence-electron chi connectivity index (χ2n) is 5.00. The van der Waals surface area contributed by atoms with Crippen LogP contribution in [0.2, 0.25) is 0 Å². The number of amides is 1. The zero-order valence-electron chi connectivity index (χ0n) is 13.3. The third-order valence-electron chi connectivity index (χ3n) is 3.38. The van der Waals surface area contributed by atoms with Crippen molar-refractivity contribution in [3.05, 3.63) is 29.5 Å². The molecule has 24 heavy (non-hydrogen) atoms. The summed E-state index contributed by atoms with van der Waals surface area (Å²) >= 11 is 0. The summed E-state index contributed by atoms with van der Waals surface area (Å²) in [5, 5.41) is 6.45. The number of nitrogen functional groups attached to an aromatic ring is 1. The molecule has 0 aromatic carbocycles. The van der Waals surface area contributed by atoms with E-state index in [0.717, 1.165) is 0 Å². The molecule has 10 nitrogen and oxygen atoms in total. The fourth-order valence-corrected chi connectivity index (χ4v) is 2.27. The van der Waals surface area contributed by atoms with E-state index in [-0.39, 0.29) is 19.1 Å². The van der Waals surface area contributed by atoms with E-state index in [9.17, 15) is 4.79 Å². The molecule has 3 N–H and O–H groups in total. The molecule has 0 bridgehead atoms. The molecule has 3 aromatic heterocycles. The van der Waals surface area contributed by atoms with Gasteiger partial charge in [0.1, 0.15) is 12.1 Å². The summed E-state index contributed by atoms with van der Waals surface area (Å²) in [6, 6.07) is 1.65. The Balaban J connectivity index is 1.71. The van der Waals surface area contributed by atoms with Crippen LogP contribution in [-0.4, -0.2) is 37.7 Å². The van der Waals surface area contributed by atoms with Gasteiger partial charge in [0.05, 0.1) is 12.1 Å². The van der Waals surface area contributed by atoms with Gasteiger partial charge in [-0.3, -0.25) is 9.36 Å². The summed E-state index contributed by atoms with van der Waals surface area (Å²) in [6.45, 7) is 2.96. The summed E-state index contributed by atoms with van der Waals surface area (Å²) in [4.78, 5) is 24.8. The Morgan fingerprint density at radius 2 is 2.29 bits per heavy atom. The Hall–Kier alpha value is -3.01. The zero-order valence-corrected chi connectivity index (χ0v) is 13.3. The molecule has 126 valence electrons. The molecule has 1 amide bonds. The molecule has 0 fully saturated rings. The van der Waals surface area contributed by atoms with Gasteiger partial charge in [0, 0.05) is 19.9 Å². The van der Waals surface area contributed by atoms with Crippen LogP contribution in [0.15, 0.2) is 16.8 Å². The molecule has 0 radical (unpaired) electrons. The fourth-order valence-electron chi connectivity index (χ4n) is 2.27. The third kappa shape index (κ3) is 3.04. The van der Waals surface area contributed by atoms with Crippen LogP contribution in [0.1, 0.15) is 29.0 Å². The van der Waals surface area contributed by atoms with Crippen molar-refractivity contribution >= 4 is 23.0 Å². The number of methoxy groups -OCH3 is 1. The quantitative estimate of drug-likeness (QED) is 0.666. The maximum Gasteiger partial charge on any atom is 0.253 e. The molecule has 0 aliphatic heterocycles. The lowest BCUT2D eigenvalue weighted by Crippen LogP contribution is -2.23. The predicted molar refractivity (Wildman–Crippen MR) is 83.8 cm³/mol. The van der Waals surface area contributed by atoms with E-state index in [0.29, 0.717) is 40.9 Å². The van der Waals surface area contributed by atoms with E-state index >= 15 is 0 Å². The average Bonchev–Trinajstić information content (AvgIpc) is 3.15. The highest BCUT2D eigenvalue weighted by atomic mass is 16.5. The van der Waals surface area contributed by atoms with Crippen molar-refractivity contribution in [1.82, 2.24) is 30.0 Å². The van der Waals surface area contributed by atoms with Crippen LogP contribution in [0.4, 0.5) is 5.95 Å². The topological polar surface area (TPSA) is 134 Å². The van der Waals surface area contributed by atoms with Crippen molar-refractivity contribution in [2.24, 2.45) is 0 Å². The van der Waals surface area contributed by atoms with Crippen LogP contribution in [0.25, 0.3) is 11.2 Å². The van der Waals surface area contributed by atoms with E-state index in [1.54, 1.807) is 10.6 Å². The number of imidazole rings is 1. The first-order valence-electron chi connectivity index (χ1n) is 7.32. The van der Waals surface area contributed by atoms with Crippen LogP contribution in [0.3, 0.4) is 0 Å². The molecule has 3 heterocycles. The van der Waals surface area contributed by atoms with Crippen molar-refractivity contribution in [3.8, 4) is 0 Å². The molecule has 10 heteroatoms. The van der Waals surface area contributed by atoms with E-state index in [1.807, 2.05) is 6.92 Å². The van der Waals surface area contributed by atoms with Crippen molar-refractivity contribution in [3.63, 3.8) is 0 Å². The normalized spacial score (nSPS) is 11.1. The number of anilines is 1. The number of nitrogens with one attached hydrogen (secondary N) is 1. The lowest BCUT2D eigenvalue weighted by atomic mass is 10.2. The van der Waals surface area contributed by atoms with Gasteiger partial charge in [-0.1, -0.05) is 5.16 Å². The van der Waals surface area contributed by atoms with Crippen LogP contribution >= 0.6 is 0 Å². The van der Waals surface area contributed by atoms with Gasteiger partial charge in [0.15, 0.2) is 11.5 Å². The number of hydrogen-bond donors (Lipinski definition) is 2. The largest absolute Gasteiger partial charge is 0.375 e. The first-order valence-corrected chi connectivity index (χ1v) is 7.32. The molecule has 0 atom stereocenters. The summed E-state index contributed by atoms with van der Waals surface area (Å²) in [5.41, 5.74) is 7.42. The minimum atomic E-state index is -0.313. The SMILES string of the molecule is CCn1c(N)nc2cc(C(=O)NCc3noc(COC)n3)cnc21. The monoisotopic (exact) mass is 331 g/mol. The Morgan fingerprint density at radius 1 is 1.46 bits per heavy atom. The molecule has 0 spiro atoms. The van der Waals surface area contributed by atoms with Crippen LogP contribution < -0.4 is 11.1 Å². The van der Waals surface area contributed by atoms with Crippen LogP contribution in [0.5, 0.6) is 0 Å². The van der Waals surface area contributed by atoms with Gasteiger partial charge in [0.2, 0.25) is 5.95 Å². The number of hydrogen-bond acceptors (Lipinski definition) is 8.